The Morgan fingerprint density at radius 3 is 2.28 bits per heavy atom. The van der Waals surface area contributed by atoms with Crippen molar-refractivity contribution < 1.29 is 24.2 Å². The Kier molecular flexibility index (Phi) is 6.25. The Morgan fingerprint density at radius 1 is 1.06 bits per heavy atom. The van der Waals surface area contributed by atoms with E-state index < -0.39 is 18.0 Å². The maximum atomic E-state index is 12.2. The fourth-order valence-corrected chi connectivity index (χ4v) is 4.53. The van der Waals surface area contributed by atoms with E-state index in [0.717, 1.165) is 11.1 Å². The summed E-state index contributed by atoms with van der Waals surface area (Å²) in [6.45, 7) is 2.83. The SMILES string of the molecule is C[C@@H]1CN(C(=O)/C=C/CNC(=O)OCC2c3ccccc3-c3ccccc32)C[C@H]1C(=O)O. The predicted octanol–water partition coefficient (Wildman–Crippen LogP) is 3.26. The third kappa shape index (κ3) is 4.37. The fraction of sp³-hybridized carbons (Fsp3) is 0.320. The van der Waals surface area contributed by atoms with E-state index in [2.05, 4.69) is 29.6 Å². The van der Waals surface area contributed by atoms with Crippen LogP contribution in [0.2, 0.25) is 0 Å². The standard InChI is InChI=1S/C25H26N2O5/c1-16-13-27(14-21(16)24(29)30)23(28)11-6-12-26-25(31)32-15-22-19-9-4-2-7-17(19)18-8-3-5-10-20(18)22/h2-11,16,21-22H,12-15H2,1H3,(H,26,31)(H,29,30)/b11-6+/t16-,21-/m1/s1. The third-order valence-electron chi connectivity index (χ3n) is 6.21. The summed E-state index contributed by atoms with van der Waals surface area (Å²) < 4.78 is 5.46. The second-order valence-electron chi connectivity index (χ2n) is 8.27. The summed E-state index contributed by atoms with van der Waals surface area (Å²) in [6, 6.07) is 16.3. The van der Waals surface area contributed by atoms with Crippen LogP contribution in [-0.4, -0.2) is 54.2 Å². The molecular formula is C25H26N2O5. The molecule has 1 aliphatic heterocycles. The third-order valence-corrected chi connectivity index (χ3v) is 6.21. The quantitative estimate of drug-likeness (QED) is 0.681. The maximum Gasteiger partial charge on any atom is 0.407 e. The molecule has 1 heterocycles. The molecule has 7 nitrogen and oxygen atoms in total. The summed E-state index contributed by atoms with van der Waals surface area (Å²) in [7, 11) is 0. The van der Waals surface area contributed by atoms with Crippen LogP contribution in [-0.2, 0) is 14.3 Å². The van der Waals surface area contributed by atoms with Crippen molar-refractivity contribution in [2.45, 2.75) is 12.8 Å². The number of hydrogen-bond acceptors (Lipinski definition) is 4. The van der Waals surface area contributed by atoms with Crippen LogP contribution in [0.3, 0.4) is 0 Å². The Balaban J connectivity index is 1.26. The second kappa shape index (κ2) is 9.26. The van der Waals surface area contributed by atoms with Gasteiger partial charge in [0.25, 0.3) is 0 Å². The molecule has 32 heavy (non-hydrogen) atoms. The van der Waals surface area contributed by atoms with Crippen LogP contribution in [0.4, 0.5) is 4.79 Å². The van der Waals surface area contributed by atoms with E-state index in [0.29, 0.717) is 6.54 Å². The molecule has 0 saturated carbocycles. The number of carboxylic acids is 1. The fourth-order valence-electron chi connectivity index (χ4n) is 4.53. The van der Waals surface area contributed by atoms with Crippen LogP contribution in [0.5, 0.6) is 0 Å². The highest BCUT2D eigenvalue weighted by atomic mass is 16.5. The number of amides is 2. The zero-order chi connectivity index (χ0) is 22.7. The molecule has 7 heteroatoms. The van der Waals surface area contributed by atoms with Crippen molar-refractivity contribution in [3.05, 3.63) is 71.8 Å². The summed E-state index contributed by atoms with van der Waals surface area (Å²) >= 11 is 0. The van der Waals surface area contributed by atoms with Gasteiger partial charge in [-0.2, -0.15) is 0 Å². The van der Waals surface area contributed by atoms with Crippen molar-refractivity contribution >= 4 is 18.0 Å². The molecule has 0 aromatic heterocycles. The number of rotatable bonds is 6. The summed E-state index contributed by atoms with van der Waals surface area (Å²) in [5, 5.41) is 11.8. The number of nitrogens with zero attached hydrogens (tertiary/aromatic N) is 1. The molecular weight excluding hydrogens is 408 g/mol. The number of nitrogens with one attached hydrogen (secondary N) is 1. The summed E-state index contributed by atoms with van der Waals surface area (Å²) in [5.41, 5.74) is 4.62. The molecule has 2 aliphatic rings. The van der Waals surface area contributed by atoms with Crippen molar-refractivity contribution in [3.8, 4) is 11.1 Å². The van der Waals surface area contributed by atoms with E-state index in [9.17, 15) is 19.5 Å². The molecule has 2 amide bonds. The molecule has 1 aliphatic carbocycles. The van der Waals surface area contributed by atoms with E-state index in [-0.39, 0.29) is 37.4 Å². The number of alkyl carbamates (subject to hydrolysis) is 1. The first kappa shape index (κ1) is 21.6. The summed E-state index contributed by atoms with van der Waals surface area (Å²) in [4.78, 5) is 37.1. The lowest BCUT2D eigenvalue weighted by Crippen LogP contribution is -2.29. The first-order valence-electron chi connectivity index (χ1n) is 10.7. The zero-order valence-electron chi connectivity index (χ0n) is 17.9. The van der Waals surface area contributed by atoms with E-state index in [4.69, 9.17) is 4.74 Å². The van der Waals surface area contributed by atoms with Gasteiger partial charge in [0.1, 0.15) is 6.61 Å². The van der Waals surface area contributed by atoms with Crippen LogP contribution in [0.25, 0.3) is 11.1 Å². The van der Waals surface area contributed by atoms with Crippen LogP contribution < -0.4 is 5.32 Å². The number of likely N-dealkylation sites (tertiary alicyclic amines) is 1. The van der Waals surface area contributed by atoms with Gasteiger partial charge in [0, 0.05) is 31.6 Å². The Bertz CT molecular complexity index is 1020. The minimum atomic E-state index is -0.881. The first-order chi connectivity index (χ1) is 15.5. The number of aliphatic carboxylic acids is 1. The van der Waals surface area contributed by atoms with Gasteiger partial charge in [-0.05, 0) is 28.2 Å². The largest absolute Gasteiger partial charge is 0.481 e. The Hall–Kier alpha value is -3.61. The predicted molar refractivity (Wildman–Crippen MR) is 119 cm³/mol. The lowest BCUT2D eigenvalue weighted by atomic mass is 9.98. The van der Waals surface area contributed by atoms with E-state index in [1.165, 1.54) is 22.1 Å². The molecule has 4 rings (SSSR count). The highest BCUT2D eigenvalue weighted by molar-refractivity contribution is 5.88. The van der Waals surface area contributed by atoms with Crippen molar-refractivity contribution in [1.82, 2.24) is 10.2 Å². The highest BCUT2D eigenvalue weighted by Gasteiger charge is 2.36. The molecule has 2 N–H and O–H groups in total. The lowest BCUT2D eigenvalue weighted by molar-refractivity contribution is -0.142. The Morgan fingerprint density at radius 2 is 1.69 bits per heavy atom. The highest BCUT2D eigenvalue weighted by Crippen LogP contribution is 2.44. The first-order valence-corrected chi connectivity index (χ1v) is 10.7. The molecule has 0 radical (unpaired) electrons. The van der Waals surface area contributed by atoms with E-state index in [1.807, 2.05) is 31.2 Å². The van der Waals surface area contributed by atoms with Crippen LogP contribution in [0.1, 0.15) is 24.0 Å². The van der Waals surface area contributed by atoms with E-state index in [1.54, 1.807) is 6.08 Å². The summed E-state index contributed by atoms with van der Waals surface area (Å²) in [5.74, 6) is -1.76. The van der Waals surface area contributed by atoms with Gasteiger partial charge < -0.3 is 20.1 Å². The van der Waals surface area contributed by atoms with Gasteiger partial charge in [0.15, 0.2) is 0 Å². The molecule has 166 valence electrons. The van der Waals surface area contributed by atoms with E-state index >= 15 is 0 Å². The summed E-state index contributed by atoms with van der Waals surface area (Å²) in [6.07, 6.45) is 2.35. The van der Waals surface area contributed by atoms with Crippen molar-refractivity contribution in [1.29, 1.82) is 0 Å². The molecule has 1 saturated heterocycles. The monoisotopic (exact) mass is 434 g/mol. The molecule has 1 fully saturated rings. The smallest absolute Gasteiger partial charge is 0.407 e. The van der Waals surface area contributed by atoms with Gasteiger partial charge in [-0.1, -0.05) is 61.5 Å². The van der Waals surface area contributed by atoms with Crippen molar-refractivity contribution in [2.75, 3.05) is 26.2 Å². The molecule has 2 aromatic carbocycles. The normalized spacial score (nSPS) is 19.6. The lowest BCUT2D eigenvalue weighted by Gasteiger charge is -2.14. The maximum absolute atomic E-state index is 12.2. The molecule has 0 unspecified atom stereocenters. The topological polar surface area (TPSA) is 95.9 Å². The van der Waals surface area contributed by atoms with Gasteiger partial charge in [-0.25, -0.2) is 4.79 Å². The molecule has 2 atom stereocenters. The number of hydrogen-bond donors (Lipinski definition) is 2. The van der Waals surface area contributed by atoms with Gasteiger partial charge >= 0.3 is 12.1 Å². The number of carbonyl (C=O) groups is 3. The van der Waals surface area contributed by atoms with Crippen LogP contribution in [0.15, 0.2) is 60.7 Å². The van der Waals surface area contributed by atoms with Crippen molar-refractivity contribution in [3.63, 3.8) is 0 Å². The second-order valence-corrected chi connectivity index (χ2v) is 8.27. The Labute approximate surface area is 186 Å². The minimum Gasteiger partial charge on any atom is -0.481 e. The van der Waals surface area contributed by atoms with Crippen LogP contribution in [0, 0.1) is 11.8 Å². The average molecular weight is 434 g/mol. The van der Waals surface area contributed by atoms with Gasteiger partial charge in [-0.3, -0.25) is 9.59 Å². The van der Waals surface area contributed by atoms with Gasteiger partial charge in [0.2, 0.25) is 5.91 Å². The minimum absolute atomic E-state index is 0.00962. The number of ether oxygens (including phenoxy) is 1. The van der Waals surface area contributed by atoms with Crippen molar-refractivity contribution in [2.24, 2.45) is 11.8 Å². The number of carbonyl (C=O) groups excluding carboxylic acids is 2. The van der Waals surface area contributed by atoms with Crippen LogP contribution >= 0.6 is 0 Å². The number of benzene rings is 2. The molecule has 0 spiro atoms. The number of carboxylic acid groups (broad SMARTS) is 1. The zero-order valence-corrected chi connectivity index (χ0v) is 17.9. The average Bonchev–Trinajstić information content (AvgIpc) is 3.33. The molecule has 2 aromatic rings. The number of fused-ring (bicyclic) bond motifs is 3. The molecule has 0 bridgehead atoms. The van der Waals surface area contributed by atoms with Gasteiger partial charge in [-0.15, -0.1) is 0 Å². The van der Waals surface area contributed by atoms with Gasteiger partial charge in [0.05, 0.1) is 5.92 Å².